The number of fused-ring (bicyclic) bond motifs is 2. The minimum Gasteiger partial charge on any atom is -0.512 e. The molecule has 5 aromatic carbocycles. The van der Waals surface area contributed by atoms with Crippen LogP contribution in [0.5, 0.6) is 0 Å². The molecule has 0 fully saturated rings. The van der Waals surface area contributed by atoms with Gasteiger partial charge in [-0.15, -0.1) is 0 Å². The molecule has 282 valence electrons. The maximum Gasteiger partial charge on any atom is 0.155 e. The van der Waals surface area contributed by atoms with Gasteiger partial charge in [-0.2, -0.15) is 0 Å². The zero-order valence-corrected chi connectivity index (χ0v) is 32.6. The van der Waals surface area contributed by atoms with E-state index in [0.29, 0.717) is 6.42 Å². The summed E-state index contributed by atoms with van der Waals surface area (Å²) in [5, 5.41) is 14.8. The first-order chi connectivity index (χ1) is 27.5. The van der Waals surface area contributed by atoms with Crippen LogP contribution in [0.2, 0.25) is 0 Å². The Hall–Kier alpha value is -5.87. The normalized spacial score (nSPS) is 11.7. The highest BCUT2D eigenvalue weighted by atomic mass is 16.3. The van der Waals surface area contributed by atoms with E-state index in [2.05, 4.69) is 127 Å². The highest BCUT2D eigenvalue weighted by Gasteiger charge is 2.11. The van der Waals surface area contributed by atoms with Gasteiger partial charge in [0, 0.05) is 46.8 Å². The Morgan fingerprint density at radius 3 is 1.80 bits per heavy atom. The van der Waals surface area contributed by atoms with Crippen LogP contribution < -0.4 is 0 Å². The smallest absolute Gasteiger partial charge is 0.155 e. The number of unbranched alkanes of at least 4 members (excludes halogenated alkanes) is 5. The number of pyridine rings is 2. The minimum atomic E-state index is -0.120. The molecule has 1 N–H and O–H groups in total. The standard InChI is InChI=1S/C52H52N2O2/c1-38(55)34-47(56)23-12-16-39-26-28-42(29-27-39)35-44-20-13-25-50-48(44)31-33-54-52(50)46-22-11-18-41(37-46)15-7-5-3-2-4-6-14-40-17-10-21-45(36-40)51-49-24-9-8-19-43(49)30-32-53-51/h8-11,13,17-22,24-34,36-37,56H,2-7,12,14-16,23,35H2,1H3. The van der Waals surface area contributed by atoms with Gasteiger partial charge in [-0.05, 0) is 115 Å². The molecular formula is C52H52N2O2. The van der Waals surface area contributed by atoms with Crippen LogP contribution in [0.1, 0.15) is 86.1 Å². The summed E-state index contributed by atoms with van der Waals surface area (Å²) >= 11 is 0. The Kier molecular flexibility index (Phi) is 13.1. The zero-order valence-electron chi connectivity index (χ0n) is 32.6. The van der Waals surface area contributed by atoms with Gasteiger partial charge in [0.2, 0.25) is 0 Å². The first-order valence-electron chi connectivity index (χ1n) is 20.4. The first kappa shape index (κ1) is 38.4. The van der Waals surface area contributed by atoms with E-state index in [1.165, 1.54) is 112 Å². The van der Waals surface area contributed by atoms with Crippen LogP contribution in [-0.4, -0.2) is 20.9 Å². The second-order valence-corrected chi connectivity index (χ2v) is 15.2. The molecule has 0 spiro atoms. The number of carbonyl (C=O) groups is 1. The molecule has 4 nitrogen and oxygen atoms in total. The van der Waals surface area contributed by atoms with Gasteiger partial charge >= 0.3 is 0 Å². The number of ketones is 1. The predicted octanol–water partition coefficient (Wildman–Crippen LogP) is 13.2. The van der Waals surface area contributed by atoms with Gasteiger partial charge in [-0.3, -0.25) is 14.8 Å². The maximum absolute atomic E-state index is 11.2. The lowest BCUT2D eigenvalue weighted by atomic mass is 9.95. The molecule has 7 aromatic rings. The molecule has 0 atom stereocenters. The van der Waals surface area contributed by atoms with Crippen LogP contribution in [0.3, 0.4) is 0 Å². The SMILES string of the molecule is CC(=O)C=C(O)CCCc1ccc(Cc2cccc3c(-c4cccc(CCCCCCCCc5cccc(-c6nccc7ccccc67)c5)c4)nccc23)cc1. The van der Waals surface area contributed by atoms with E-state index >= 15 is 0 Å². The van der Waals surface area contributed by atoms with Gasteiger partial charge in [-0.1, -0.05) is 129 Å². The summed E-state index contributed by atoms with van der Waals surface area (Å²) < 4.78 is 0. The van der Waals surface area contributed by atoms with Crippen molar-refractivity contribution in [2.24, 2.45) is 0 Å². The topological polar surface area (TPSA) is 63.1 Å². The Balaban J connectivity index is 0.877. The van der Waals surface area contributed by atoms with Crippen molar-refractivity contribution in [1.29, 1.82) is 0 Å². The highest BCUT2D eigenvalue weighted by Crippen LogP contribution is 2.31. The van der Waals surface area contributed by atoms with Crippen molar-refractivity contribution in [3.63, 3.8) is 0 Å². The van der Waals surface area contributed by atoms with E-state index < -0.39 is 0 Å². The van der Waals surface area contributed by atoms with Gasteiger partial charge in [0.15, 0.2) is 5.78 Å². The molecular weight excluding hydrogens is 685 g/mol. The summed E-state index contributed by atoms with van der Waals surface area (Å²) in [6, 6.07) is 46.0. The van der Waals surface area contributed by atoms with Gasteiger partial charge in [0.05, 0.1) is 17.1 Å². The summed E-state index contributed by atoms with van der Waals surface area (Å²) in [5.41, 5.74) is 11.1. The number of aromatic nitrogens is 2. The Morgan fingerprint density at radius 1 is 0.536 bits per heavy atom. The fourth-order valence-electron chi connectivity index (χ4n) is 7.94. The summed E-state index contributed by atoms with van der Waals surface area (Å²) in [6.45, 7) is 1.46. The Labute approximate surface area is 332 Å². The number of rotatable bonds is 18. The second-order valence-electron chi connectivity index (χ2n) is 15.2. The number of hydrogen-bond donors (Lipinski definition) is 1. The molecule has 0 aliphatic rings. The number of benzene rings is 5. The summed E-state index contributed by atoms with van der Waals surface area (Å²) in [4.78, 5) is 20.8. The summed E-state index contributed by atoms with van der Waals surface area (Å²) in [7, 11) is 0. The molecule has 7 rings (SSSR count). The minimum absolute atomic E-state index is 0.120. The Bertz CT molecular complexity index is 2420. The maximum atomic E-state index is 11.2. The van der Waals surface area contributed by atoms with Crippen LogP contribution in [0.4, 0.5) is 0 Å². The summed E-state index contributed by atoms with van der Waals surface area (Å²) in [6.07, 6.45) is 17.9. The van der Waals surface area contributed by atoms with Crippen molar-refractivity contribution in [3.05, 3.63) is 179 Å². The number of nitrogens with zero attached hydrogens (tertiary/aromatic N) is 2. The van der Waals surface area contributed by atoms with Gasteiger partial charge < -0.3 is 5.11 Å². The van der Waals surface area contributed by atoms with Crippen LogP contribution >= 0.6 is 0 Å². The van der Waals surface area contributed by atoms with Crippen LogP contribution in [0, 0.1) is 0 Å². The number of aryl methyl sites for hydroxylation is 3. The third kappa shape index (κ3) is 10.2. The fourth-order valence-corrected chi connectivity index (χ4v) is 7.94. The predicted molar refractivity (Wildman–Crippen MR) is 233 cm³/mol. The molecule has 0 saturated heterocycles. The molecule has 0 saturated carbocycles. The molecule has 4 heteroatoms. The first-order valence-corrected chi connectivity index (χ1v) is 20.4. The number of aliphatic hydroxyl groups excluding tert-OH is 1. The number of carbonyl (C=O) groups excluding carboxylic acids is 1. The van der Waals surface area contributed by atoms with E-state index in [9.17, 15) is 9.90 Å². The molecule has 0 amide bonds. The zero-order chi connectivity index (χ0) is 38.5. The molecule has 0 aliphatic carbocycles. The quantitative estimate of drug-likeness (QED) is 0.0541. The van der Waals surface area contributed by atoms with Gasteiger partial charge in [0.1, 0.15) is 0 Å². The van der Waals surface area contributed by atoms with Crippen molar-refractivity contribution < 1.29 is 9.90 Å². The van der Waals surface area contributed by atoms with Crippen molar-refractivity contribution in [2.45, 2.75) is 84.0 Å². The third-order valence-corrected chi connectivity index (χ3v) is 10.8. The van der Waals surface area contributed by atoms with Crippen molar-refractivity contribution in [2.75, 3.05) is 0 Å². The van der Waals surface area contributed by atoms with Crippen LogP contribution in [-0.2, 0) is 30.5 Å². The molecule has 0 aliphatic heterocycles. The molecule has 0 unspecified atom stereocenters. The molecule has 2 aromatic heterocycles. The Morgan fingerprint density at radius 2 is 1.11 bits per heavy atom. The van der Waals surface area contributed by atoms with Crippen molar-refractivity contribution in [3.8, 4) is 22.5 Å². The number of aliphatic hydroxyl groups is 1. The van der Waals surface area contributed by atoms with Crippen molar-refractivity contribution >= 4 is 27.3 Å². The van der Waals surface area contributed by atoms with Crippen LogP contribution in [0.15, 0.2) is 152 Å². The van der Waals surface area contributed by atoms with E-state index in [1.807, 2.05) is 12.4 Å². The molecule has 0 bridgehead atoms. The number of allylic oxidation sites excluding steroid dienone is 2. The lowest BCUT2D eigenvalue weighted by Gasteiger charge is -2.12. The fraction of sp³-hybridized carbons (Fsp3) is 0.250. The largest absolute Gasteiger partial charge is 0.512 e. The van der Waals surface area contributed by atoms with E-state index in [0.717, 1.165) is 43.5 Å². The highest BCUT2D eigenvalue weighted by molar-refractivity contribution is 5.97. The van der Waals surface area contributed by atoms with E-state index in [-0.39, 0.29) is 11.5 Å². The van der Waals surface area contributed by atoms with Crippen LogP contribution in [0.25, 0.3) is 44.1 Å². The second kappa shape index (κ2) is 19.1. The molecule has 56 heavy (non-hydrogen) atoms. The van der Waals surface area contributed by atoms with E-state index in [4.69, 9.17) is 9.97 Å². The average molecular weight is 737 g/mol. The molecule has 2 heterocycles. The number of hydrogen-bond acceptors (Lipinski definition) is 4. The van der Waals surface area contributed by atoms with Gasteiger partial charge in [0.25, 0.3) is 0 Å². The molecule has 0 radical (unpaired) electrons. The monoisotopic (exact) mass is 736 g/mol. The lowest BCUT2D eigenvalue weighted by Crippen LogP contribution is -1.95. The van der Waals surface area contributed by atoms with E-state index in [1.54, 1.807) is 0 Å². The van der Waals surface area contributed by atoms with Crippen molar-refractivity contribution in [1.82, 2.24) is 9.97 Å². The van der Waals surface area contributed by atoms with Gasteiger partial charge in [-0.25, -0.2) is 0 Å². The lowest BCUT2D eigenvalue weighted by molar-refractivity contribution is -0.112. The third-order valence-electron chi connectivity index (χ3n) is 10.8. The summed E-state index contributed by atoms with van der Waals surface area (Å²) in [5.74, 6) is 0.0409. The average Bonchev–Trinajstić information content (AvgIpc) is 3.22.